The molecule has 3 rings (SSSR count). The molecular weight excluding hydrogens is 312 g/mol. The second-order valence-corrected chi connectivity index (χ2v) is 12.3. The van der Waals surface area contributed by atoms with Gasteiger partial charge in [-0.1, -0.05) is 81.4 Å². The molecule has 0 N–H and O–H groups in total. The van der Waals surface area contributed by atoms with Crippen LogP contribution in [0, 0.1) is 0 Å². The summed E-state index contributed by atoms with van der Waals surface area (Å²) >= 11 is 0. The standard InChI is InChI=1S/C21H28O2Si/c1-20(2,3)24(18-11-7-5-8-12-18,19-13-9-6-10-14-19)23-16-15-21(4)17-22-21/h5-14H,15-17H2,1-4H3/t21-/m0/s1. The van der Waals surface area contributed by atoms with E-state index in [9.17, 15) is 0 Å². The highest BCUT2D eigenvalue weighted by Gasteiger charge is 2.50. The smallest absolute Gasteiger partial charge is 0.261 e. The maximum atomic E-state index is 6.84. The molecule has 1 fully saturated rings. The van der Waals surface area contributed by atoms with Crippen LogP contribution in [-0.4, -0.2) is 27.1 Å². The minimum Gasteiger partial charge on any atom is -0.407 e. The molecule has 0 unspecified atom stereocenters. The molecule has 128 valence electrons. The van der Waals surface area contributed by atoms with E-state index in [1.165, 1.54) is 10.4 Å². The maximum Gasteiger partial charge on any atom is 0.261 e. The minimum atomic E-state index is -2.38. The fraction of sp³-hybridized carbons (Fsp3) is 0.429. The van der Waals surface area contributed by atoms with E-state index in [1.807, 2.05) is 0 Å². The van der Waals surface area contributed by atoms with Crippen LogP contribution in [0.15, 0.2) is 60.7 Å². The van der Waals surface area contributed by atoms with Crippen LogP contribution in [0.1, 0.15) is 34.1 Å². The van der Waals surface area contributed by atoms with Crippen molar-refractivity contribution < 1.29 is 9.16 Å². The molecule has 1 heterocycles. The lowest BCUT2D eigenvalue weighted by Crippen LogP contribution is -2.66. The van der Waals surface area contributed by atoms with Crippen molar-refractivity contribution in [3.63, 3.8) is 0 Å². The van der Waals surface area contributed by atoms with E-state index < -0.39 is 8.32 Å². The molecule has 24 heavy (non-hydrogen) atoms. The summed E-state index contributed by atoms with van der Waals surface area (Å²) in [6, 6.07) is 21.6. The van der Waals surface area contributed by atoms with Crippen LogP contribution in [0.4, 0.5) is 0 Å². The highest BCUT2D eigenvalue weighted by molar-refractivity contribution is 6.99. The Morgan fingerprint density at radius 3 is 1.79 bits per heavy atom. The van der Waals surface area contributed by atoms with E-state index in [2.05, 4.69) is 88.4 Å². The summed E-state index contributed by atoms with van der Waals surface area (Å²) in [7, 11) is -2.38. The SMILES string of the molecule is CC(C)(C)[Si](OCC[C@@]1(C)CO1)(c1ccccc1)c1ccccc1. The summed E-state index contributed by atoms with van der Waals surface area (Å²) in [5.41, 5.74) is 0.0331. The third-order valence-electron chi connectivity index (χ3n) is 5.00. The van der Waals surface area contributed by atoms with Crippen LogP contribution in [0.5, 0.6) is 0 Å². The predicted octanol–water partition coefficient (Wildman–Crippen LogP) is 3.74. The molecule has 2 aromatic rings. The molecule has 2 nitrogen and oxygen atoms in total. The fourth-order valence-corrected chi connectivity index (χ4v) is 8.01. The fourth-order valence-electron chi connectivity index (χ4n) is 3.45. The monoisotopic (exact) mass is 340 g/mol. The first kappa shape index (κ1) is 17.4. The first-order valence-corrected chi connectivity index (χ1v) is 10.7. The predicted molar refractivity (Wildman–Crippen MR) is 103 cm³/mol. The largest absolute Gasteiger partial charge is 0.407 e. The van der Waals surface area contributed by atoms with E-state index in [4.69, 9.17) is 9.16 Å². The van der Waals surface area contributed by atoms with E-state index in [1.54, 1.807) is 0 Å². The van der Waals surface area contributed by atoms with Gasteiger partial charge in [0.15, 0.2) is 0 Å². The molecule has 0 spiro atoms. The van der Waals surface area contributed by atoms with Crippen molar-refractivity contribution in [1.29, 1.82) is 0 Å². The van der Waals surface area contributed by atoms with Gasteiger partial charge in [0.2, 0.25) is 0 Å². The Hall–Kier alpha value is -1.42. The average molecular weight is 341 g/mol. The van der Waals surface area contributed by atoms with Gasteiger partial charge in [-0.25, -0.2) is 0 Å². The normalized spacial score (nSPS) is 20.8. The van der Waals surface area contributed by atoms with Crippen LogP contribution in [0.3, 0.4) is 0 Å². The Balaban J connectivity index is 2.03. The summed E-state index contributed by atoms with van der Waals surface area (Å²) in [6.45, 7) is 10.7. The summed E-state index contributed by atoms with van der Waals surface area (Å²) < 4.78 is 12.4. The molecule has 1 saturated heterocycles. The van der Waals surface area contributed by atoms with Gasteiger partial charge in [-0.3, -0.25) is 0 Å². The van der Waals surface area contributed by atoms with Crippen LogP contribution in [0.25, 0.3) is 0 Å². The zero-order valence-corrected chi connectivity index (χ0v) is 16.2. The first-order chi connectivity index (χ1) is 11.4. The van der Waals surface area contributed by atoms with Crippen molar-refractivity contribution in [3.8, 4) is 0 Å². The molecule has 0 aliphatic carbocycles. The van der Waals surface area contributed by atoms with Crippen molar-refractivity contribution in [2.24, 2.45) is 0 Å². The lowest BCUT2D eigenvalue weighted by atomic mass is 10.1. The molecule has 1 atom stereocenters. The number of epoxide rings is 1. The molecule has 2 aromatic carbocycles. The summed E-state index contributed by atoms with van der Waals surface area (Å²) in [5.74, 6) is 0. The molecule has 0 saturated carbocycles. The first-order valence-electron chi connectivity index (χ1n) is 8.76. The highest BCUT2D eigenvalue weighted by Crippen LogP contribution is 2.38. The third kappa shape index (κ3) is 3.34. The zero-order chi connectivity index (χ0) is 17.3. The number of ether oxygens (including phenoxy) is 1. The summed E-state index contributed by atoms with van der Waals surface area (Å²) in [6.07, 6.45) is 0.956. The van der Waals surface area contributed by atoms with Gasteiger partial charge in [-0.05, 0) is 22.3 Å². The van der Waals surface area contributed by atoms with Gasteiger partial charge < -0.3 is 9.16 Å². The van der Waals surface area contributed by atoms with E-state index in [-0.39, 0.29) is 10.6 Å². The van der Waals surface area contributed by atoms with Crippen molar-refractivity contribution in [2.75, 3.05) is 13.2 Å². The van der Waals surface area contributed by atoms with E-state index in [0.29, 0.717) is 0 Å². The van der Waals surface area contributed by atoms with Gasteiger partial charge in [0.25, 0.3) is 8.32 Å². The Kier molecular flexibility index (Phi) is 4.69. The number of hydrogen-bond acceptors (Lipinski definition) is 2. The van der Waals surface area contributed by atoms with E-state index >= 15 is 0 Å². The van der Waals surface area contributed by atoms with Gasteiger partial charge in [-0.15, -0.1) is 0 Å². The van der Waals surface area contributed by atoms with Crippen molar-refractivity contribution in [3.05, 3.63) is 60.7 Å². The van der Waals surface area contributed by atoms with Crippen LogP contribution in [-0.2, 0) is 9.16 Å². The van der Waals surface area contributed by atoms with Crippen molar-refractivity contribution >= 4 is 18.7 Å². The number of rotatable bonds is 6. The average Bonchev–Trinajstić information content (AvgIpc) is 3.30. The van der Waals surface area contributed by atoms with Crippen LogP contribution >= 0.6 is 0 Å². The third-order valence-corrected chi connectivity index (χ3v) is 10.0. The van der Waals surface area contributed by atoms with Gasteiger partial charge in [0.1, 0.15) is 0 Å². The molecule has 1 aliphatic heterocycles. The minimum absolute atomic E-state index is 0.0331. The summed E-state index contributed by atoms with van der Waals surface area (Å²) in [5, 5.41) is 2.72. The van der Waals surface area contributed by atoms with Gasteiger partial charge in [0.05, 0.1) is 12.2 Å². The molecule has 0 radical (unpaired) electrons. The Bertz CT molecular complexity index is 618. The second-order valence-electron chi connectivity index (χ2n) is 8.00. The quantitative estimate of drug-likeness (QED) is 0.590. The zero-order valence-electron chi connectivity index (χ0n) is 15.2. The molecule has 0 aromatic heterocycles. The Morgan fingerprint density at radius 1 is 0.958 bits per heavy atom. The molecule has 0 bridgehead atoms. The molecular formula is C21H28O2Si. The van der Waals surface area contributed by atoms with Gasteiger partial charge in [0, 0.05) is 13.0 Å². The lowest BCUT2D eigenvalue weighted by molar-refractivity contribution is 0.230. The number of hydrogen-bond donors (Lipinski definition) is 0. The number of benzene rings is 2. The molecule has 0 amide bonds. The highest BCUT2D eigenvalue weighted by atomic mass is 28.4. The topological polar surface area (TPSA) is 21.8 Å². The van der Waals surface area contributed by atoms with E-state index in [0.717, 1.165) is 19.6 Å². The van der Waals surface area contributed by atoms with Crippen LogP contribution in [0.2, 0.25) is 5.04 Å². The Morgan fingerprint density at radius 2 is 1.42 bits per heavy atom. The Labute approximate surface area is 146 Å². The van der Waals surface area contributed by atoms with Crippen molar-refractivity contribution in [2.45, 2.75) is 44.8 Å². The van der Waals surface area contributed by atoms with Gasteiger partial charge >= 0.3 is 0 Å². The summed E-state index contributed by atoms with van der Waals surface area (Å²) in [4.78, 5) is 0. The second kappa shape index (κ2) is 6.47. The molecule has 1 aliphatic rings. The maximum absolute atomic E-state index is 6.84. The van der Waals surface area contributed by atoms with Gasteiger partial charge in [-0.2, -0.15) is 0 Å². The molecule has 3 heteroatoms. The lowest BCUT2D eigenvalue weighted by Gasteiger charge is -2.43. The van der Waals surface area contributed by atoms with Crippen molar-refractivity contribution in [1.82, 2.24) is 0 Å². The van der Waals surface area contributed by atoms with Crippen LogP contribution < -0.4 is 10.4 Å².